The highest BCUT2D eigenvalue weighted by molar-refractivity contribution is 7.89. The number of benzene rings is 3. The molecule has 0 amide bonds. The lowest BCUT2D eigenvalue weighted by Crippen LogP contribution is -2.27. The second kappa shape index (κ2) is 15.1. The van der Waals surface area contributed by atoms with Crippen molar-refractivity contribution < 1.29 is 27.4 Å². The first-order valence-corrected chi connectivity index (χ1v) is 14.4. The molecule has 3 rings (SSSR count). The molecule has 0 radical (unpaired) electrons. The van der Waals surface area contributed by atoms with Gasteiger partial charge in [-0.1, -0.05) is 75.2 Å². The van der Waals surface area contributed by atoms with Crippen LogP contribution in [0.5, 0.6) is 11.5 Å². The smallest absolute Gasteiger partial charge is 0.338 e. The Hall–Kier alpha value is -3.40. The van der Waals surface area contributed by atoms with E-state index in [-0.39, 0.29) is 29.5 Å². The number of hydrogen-bond donors (Lipinski definition) is 2. The summed E-state index contributed by atoms with van der Waals surface area (Å²) in [6.07, 6.45) is 3.53. The van der Waals surface area contributed by atoms with Crippen LogP contribution in [0.3, 0.4) is 0 Å². The third-order valence-electron chi connectivity index (χ3n) is 5.59. The lowest BCUT2D eigenvalue weighted by molar-refractivity contribution is 0.0472. The first kappa shape index (κ1) is 29.2. The van der Waals surface area contributed by atoms with Crippen molar-refractivity contribution in [3.05, 3.63) is 83.9 Å². The molecule has 9 heteroatoms. The van der Waals surface area contributed by atoms with Crippen LogP contribution in [0.1, 0.15) is 55.5 Å². The molecule has 0 aromatic heterocycles. The number of rotatable bonds is 16. The number of sulfonamides is 1. The Kier molecular flexibility index (Phi) is 11.6. The van der Waals surface area contributed by atoms with Crippen LogP contribution in [0.25, 0.3) is 0 Å². The van der Waals surface area contributed by atoms with E-state index in [0.717, 1.165) is 31.2 Å². The second-order valence-corrected chi connectivity index (χ2v) is 10.4. The van der Waals surface area contributed by atoms with E-state index in [1.165, 1.54) is 6.07 Å². The van der Waals surface area contributed by atoms with Gasteiger partial charge in [-0.15, -0.1) is 0 Å². The van der Waals surface area contributed by atoms with Gasteiger partial charge in [0, 0.05) is 13.2 Å². The molecule has 8 nitrogen and oxygen atoms in total. The van der Waals surface area contributed by atoms with Crippen LogP contribution in [0.15, 0.2) is 77.7 Å². The summed E-state index contributed by atoms with van der Waals surface area (Å²) in [5.74, 6) is -0.0941. The van der Waals surface area contributed by atoms with E-state index in [4.69, 9.17) is 14.2 Å². The van der Waals surface area contributed by atoms with Gasteiger partial charge in [-0.25, -0.2) is 13.2 Å². The van der Waals surface area contributed by atoms with E-state index in [1.54, 1.807) is 30.3 Å². The molecular formula is C29H36N2O6S. The number of carbonyl (C=O) groups excluding carboxylic acids is 1. The zero-order valence-corrected chi connectivity index (χ0v) is 22.8. The Morgan fingerprint density at radius 3 is 2.26 bits per heavy atom. The Labute approximate surface area is 225 Å². The average molecular weight is 541 g/mol. The molecule has 0 aliphatic heterocycles. The molecular weight excluding hydrogens is 504 g/mol. The zero-order valence-electron chi connectivity index (χ0n) is 21.9. The first-order valence-electron chi connectivity index (χ1n) is 12.9. The van der Waals surface area contributed by atoms with E-state index in [0.29, 0.717) is 24.6 Å². The molecule has 0 bridgehead atoms. The zero-order chi connectivity index (χ0) is 27.2. The number of esters is 1. The third kappa shape index (κ3) is 8.86. The van der Waals surface area contributed by atoms with Crippen molar-refractivity contribution >= 4 is 21.7 Å². The minimum Gasteiger partial charge on any atom is -0.457 e. The highest BCUT2D eigenvalue weighted by Gasteiger charge is 2.26. The summed E-state index contributed by atoms with van der Waals surface area (Å²) in [6.45, 7) is 4.94. The third-order valence-corrected chi connectivity index (χ3v) is 6.98. The van der Waals surface area contributed by atoms with Crippen LogP contribution in [0, 0.1) is 0 Å². The monoisotopic (exact) mass is 540 g/mol. The fourth-order valence-electron chi connectivity index (χ4n) is 3.48. The van der Waals surface area contributed by atoms with Gasteiger partial charge in [-0.2, -0.15) is 4.72 Å². The highest BCUT2D eigenvalue weighted by Crippen LogP contribution is 2.38. The number of carbonyl (C=O) groups is 1. The van der Waals surface area contributed by atoms with Gasteiger partial charge in [0.25, 0.3) is 0 Å². The Morgan fingerprint density at radius 1 is 0.895 bits per heavy atom. The standard InChI is InChI=1S/C29H36N2O6S/c1-3-5-17-30-26-19-24(29(32)36-21-23-13-9-7-10-14-23)20-27(28(26)37-25-15-11-8-12-16-25)38(33,34)31-22-35-18-6-4-2/h7-16,19-20,30-31H,3-6,17-18,21-22H2,1-2H3. The van der Waals surface area contributed by atoms with E-state index < -0.39 is 16.0 Å². The van der Waals surface area contributed by atoms with Crippen molar-refractivity contribution in [3.63, 3.8) is 0 Å². The maximum Gasteiger partial charge on any atom is 0.338 e. The molecule has 0 heterocycles. The van der Waals surface area contributed by atoms with Crippen molar-refractivity contribution in [1.82, 2.24) is 4.72 Å². The van der Waals surface area contributed by atoms with E-state index >= 15 is 0 Å². The summed E-state index contributed by atoms with van der Waals surface area (Å²) in [6, 6.07) is 21.0. The number of anilines is 1. The summed E-state index contributed by atoms with van der Waals surface area (Å²) in [5.41, 5.74) is 1.29. The number of para-hydroxylation sites is 1. The topological polar surface area (TPSA) is 103 Å². The van der Waals surface area contributed by atoms with Crippen LogP contribution >= 0.6 is 0 Å². The molecule has 204 valence electrons. The van der Waals surface area contributed by atoms with Gasteiger partial charge < -0.3 is 19.5 Å². The fourth-order valence-corrected chi connectivity index (χ4v) is 4.56. The predicted molar refractivity (Wildman–Crippen MR) is 148 cm³/mol. The molecule has 38 heavy (non-hydrogen) atoms. The van der Waals surface area contributed by atoms with Gasteiger partial charge in [0.2, 0.25) is 10.0 Å². The quantitative estimate of drug-likeness (QED) is 0.129. The Morgan fingerprint density at radius 2 is 1.58 bits per heavy atom. The summed E-state index contributed by atoms with van der Waals surface area (Å²) < 4.78 is 46.4. The van der Waals surface area contributed by atoms with Gasteiger partial charge in [0.05, 0.1) is 11.3 Å². The predicted octanol–water partition coefficient (Wildman–Crippen LogP) is 6.10. The van der Waals surface area contributed by atoms with Crippen molar-refractivity contribution in [2.24, 2.45) is 0 Å². The summed E-state index contributed by atoms with van der Waals surface area (Å²) in [7, 11) is -4.12. The largest absolute Gasteiger partial charge is 0.457 e. The number of hydrogen-bond acceptors (Lipinski definition) is 7. The SMILES string of the molecule is CCCCNc1cc(C(=O)OCc2ccccc2)cc(S(=O)(=O)NCOCCCC)c1Oc1ccccc1. The minimum absolute atomic E-state index is 0.0616. The minimum atomic E-state index is -4.12. The number of ether oxygens (including phenoxy) is 3. The maximum absolute atomic E-state index is 13.5. The molecule has 0 unspecified atom stereocenters. The molecule has 0 aliphatic carbocycles. The van der Waals surface area contributed by atoms with Gasteiger partial charge in [-0.05, 0) is 42.7 Å². The van der Waals surface area contributed by atoms with Gasteiger partial charge >= 0.3 is 5.97 Å². The van der Waals surface area contributed by atoms with Gasteiger partial charge in [-0.3, -0.25) is 0 Å². The van der Waals surface area contributed by atoms with Crippen molar-refractivity contribution in [1.29, 1.82) is 0 Å². The first-order chi connectivity index (χ1) is 18.4. The molecule has 0 atom stereocenters. The van der Waals surface area contributed by atoms with Crippen molar-refractivity contribution in [3.8, 4) is 11.5 Å². The van der Waals surface area contributed by atoms with Crippen LogP contribution in [-0.4, -0.2) is 34.3 Å². The van der Waals surface area contributed by atoms with Crippen LogP contribution < -0.4 is 14.8 Å². The van der Waals surface area contributed by atoms with E-state index in [1.807, 2.05) is 43.3 Å². The number of nitrogens with one attached hydrogen (secondary N) is 2. The van der Waals surface area contributed by atoms with Crippen LogP contribution in [-0.2, 0) is 26.1 Å². The maximum atomic E-state index is 13.5. The molecule has 3 aromatic rings. The van der Waals surface area contributed by atoms with Gasteiger partial charge in [0.1, 0.15) is 24.0 Å². The van der Waals surface area contributed by atoms with E-state index in [2.05, 4.69) is 17.0 Å². The molecule has 0 saturated carbocycles. The normalized spacial score (nSPS) is 11.2. The lowest BCUT2D eigenvalue weighted by atomic mass is 10.1. The van der Waals surface area contributed by atoms with E-state index in [9.17, 15) is 13.2 Å². The lowest BCUT2D eigenvalue weighted by Gasteiger charge is -2.19. The molecule has 0 spiro atoms. The van der Waals surface area contributed by atoms with Crippen LogP contribution in [0.4, 0.5) is 5.69 Å². The molecule has 0 saturated heterocycles. The molecule has 0 aliphatic rings. The van der Waals surface area contributed by atoms with Crippen molar-refractivity contribution in [2.45, 2.75) is 51.0 Å². The van der Waals surface area contributed by atoms with Crippen molar-refractivity contribution in [2.75, 3.05) is 25.2 Å². The molecule has 2 N–H and O–H groups in total. The Balaban J connectivity index is 1.99. The average Bonchev–Trinajstić information content (AvgIpc) is 2.93. The molecule has 0 fully saturated rings. The summed E-state index contributed by atoms with van der Waals surface area (Å²) >= 11 is 0. The summed E-state index contributed by atoms with van der Waals surface area (Å²) in [4.78, 5) is 12.9. The second-order valence-electron chi connectivity index (χ2n) is 8.66. The number of unbranched alkanes of at least 4 members (excludes halogenated alkanes) is 2. The van der Waals surface area contributed by atoms with Crippen LogP contribution in [0.2, 0.25) is 0 Å². The molecule has 3 aromatic carbocycles. The fraction of sp³-hybridized carbons (Fsp3) is 0.345. The van der Waals surface area contributed by atoms with Gasteiger partial charge in [0.15, 0.2) is 5.75 Å². The Bertz CT molecular complexity index is 1250. The summed E-state index contributed by atoms with van der Waals surface area (Å²) in [5, 5.41) is 3.24. The highest BCUT2D eigenvalue weighted by atomic mass is 32.2.